The average Bonchev–Trinajstić information content (AvgIpc) is 2.75. The minimum Gasteiger partial charge on any atom is -0.370 e. The zero-order valence-electron chi connectivity index (χ0n) is 17.6. The third-order valence-corrected chi connectivity index (χ3v) is 5.13. The van der Waals surface area contributed by atoms with Gasteiger partial charge in [-0.1, -0.05) is 24.3 Å². The van der Waals surface area contributed by atoms with Crippen LogP contribution < -0.4 is 10.9 Å². The van der Waals surface area contributed by atoms with Gasteiger partial charge in [0.1, 0.15) is 23.3 Å². The van der Waals surface area contributed by atoms with Gasteiger partial charge in [-0.25, -0.2) is 19.3 Å². The normalized spacial score (nSPS) is 11.1. The van der Waals surface area contributed by atoms with Crippen molar-refractivity contribution in [2.24, 2.45) is 0 Å². The number of rotatable bonds is 7. The molecule has 31 heavy (non-hydrogen) atoms. The first-order valence-corrected chi connectivity index (χ1v) is 10.3. The molecule has 0 aliphatic rings. The minimum atomic E-state index is -0.221. The van der Waals surface area contributed by atoms with Gasteiger partial charge in [0.15, 0.2) is 0 Å². The number of anilines is 1. The number of nitrogens with zero attached hydrogens (tertiary/aromatic N) is 4. The van der Waals surface area contributed by atoms with Crippen molar-refractivity contribution < 1.29 is 4.39 Å². The summed E-state index contributed by atoms with van der Waals surface area (Å²) in [6.07, 6.45) is 1.73. The quantitative estimate of drug-likeness (QED) is 0.460. The molecule has 6 nitrogen and oxygen atoms in total. The van der Waals surface area contributed by atoms with Gasteiger partial charge in [0.05, 0.1) is 23.1 Å². The van der Waals surface area contributed by atoms with Gasteiger partial charge >= 0.3 is 0 Å². The molecule has 7 heteroatoms. The summed E-state index contributed by atoms with van der Waals surface area (Å²) in [5, 5.41) is 3.92. The molecule has 2 heterocycles. The number of para-hydroxylation sites is 1. The number of aryl methyl sites for hydroxylation is 3. The fourth-order valence-electron chi connectivity index (χ4n) is 3.59. The van der Waals surface area contributed by atoms with E-state index in [0.29, 0.717) is 29.1 Å². The molecular weight excluding hydrogens is 393 g/mol. The van der Waals surface area contributed by atoms with Gasteiger partial charge < -0.3 is 5.32 Å². The summed E-state index contributed by atoms with van der Waals surface area (Å²) in [6.45, 7) is 4.72. The third-order valence-electron chi connectivity index (χ3n) is 5.13. The number of hydrogen-bond acceptors (Lipinski definition) is 5. The van der Waals surface area contributed by atoms with Crippen molar-refractivity contribution in [3.05, 3.63) is 93.7 Å². The van der Waals surface area contributed by atoms with E-state index in [4.69, 9.17) is 0 Å². The monoisotopic (exact) mass is 417 g/mol. The lowest BCUT2D eigenvalue weighted by molar-refractivity contribution is 0.626. The summed E-state index contributed by atoms with van der Waals surface area (Å²) in [7, 11) is 0. The molecule has 158 valence electrons. The first kappa shape index (κ1) is 20.7. The number of aromatic nitrogens is 4. The molecule has 0 saturated heterocycles. The second-order valence-electron chi connectivity index (χ2n) is 7.52. The molecule has 2 aromatic heterocycles. The summed E-state index contributed by atoms with van der Waals surface area (Å²) >= 11 is 0. The molecule has 4 rings (SSSR count). The van der Waals surface area contributed by atoms with Gasteiger partial charge in [0, 0.05) is 12.6 Å². The molecule has 0 spiro atoms. The predicted octanol–water partition coefficient (Wildman–Crippen LogP) is 4.04. The topological polar surface area (TPSA) is 72.7 Å². The number of fused-ring (bicyclic) bond motifs is 1. The Balaban J connectivity index is 1.46. The average molecular weight is 417 g/mol. The third kappa shape index (κ3) is 4.94. The molecule has 0 atom stereocenters. The van der Waals surface area contributed by atoms with E-state index in [-0.39, 0.29) is 11.4 Å². The van der Waals surface area contributed by atoms with E-state index in [2.05, 4.69) is 20.3 Å². The maximum absolute atomic E-state index is 13.0. The van der Waals surface area contributed by atoms with Gasteiger partial charge in [-0.05, 0) is 56.5 Å². The number of hydrogen-bond donors (Lipinski definition) is 1. The molecule has 0 aliphatic carbocycles. The van der Waals surface area contributed by atoms with E-state index in [0.717, 1.165) is 36.5 Å². The molecule has 4 aromatic rings. The molecule has 0 bridgehead atoms. The van der Waals surface area contributed by atoms with Gasteiger partial charge in [0.2, 0.25) is 0 Å². The molecule has 0 amide bonds. The SMILES string of the molecule is Cc1nc(Cn2c(C)nc3ccccc3c2=O)cc(NCCCc2ccc(F)cc2)n1. The highest BCUT2D eigenvalue weighted by molar-refractivity contribution is 5.77. The van der Waals surface area contributed by atoms with Crippen molar-refractivity contribution in [1.82, 2.24) is 19.5 Å². The Labute approximate surface area is 179 Å². The maximum Gasteiger partial charge on any atom is 0.261 e. The van der Waals surface area contributed by atoms with Crippen molar-refractivity contribution in [2.75, 3.05) is 11.9 Å². The lowest BCUT2D eigenvalue weighted by atomic mass is 10.1. The number of halogens is 1. The van der Waals surface area contributed by atoms with Crippen LogP contribution in [0.2, 0.25) is 0 Å². The fraction of sp³-hybridized carbons (Fsp3) is 0.250. The van der Waals surface area contributed by atoms with Crippen molar-refractivity contribution in [1.29, 1.82) is 0 Å². The van der Waals surface area contributed by atoms with Crippen LogP contribution in [0, 0.1) is 19.7 Å². The zero-order chi connectivity index (χ0) is 21.8. The van der Waals surface area contributed by atoms with Gasteiger partial charge in [0.25, 0.3) is 5.56 Å². The van der Waals surface area contributed by atoms with E-state index >= 15 is 0 Å². The van der Waals surface area contributed by atoms with Crippen LogP contribution in [0.1, 0.15) is 29.3 Å². The molecule has 0 radical (unpaired) electrons. The van der Waals surface area contributed by atoms with E-state index in [1.165, 1.54) is 12.1 Å². The van der Waals surface area contributed by atoms with Gasteiger partial charge in [-0.2, -0.15) is 0 Å². The molecule has 0 unspecified atom stereocenters. The minimum absolute atomic E-state index is 0.0758. The summed E-state index contributed by atoms with van der Waals surface area (Å²) in [4.78, 5) is 26.4. The van der Waals surface area contributed by atoms with Crippen LogP contribution in [0.15, 0.2) is 59.4 Å². The molecule has 0 fully saturated rings. The van der Waals surface area contributed by atoms with Crippen LogP contribution in [0.4, 0.5) is 10.2 Å². The Kier molecular flexibility index (Phi) is 6.02. The van der Waals surface area contributed by atoms with Crippen LogP contribution in [-0.2, 0) is 13.0 Å². The van der Waals surface area contributed by atoms with Crippen LogP contribution in [0.3, 0.4) is 0 Å². The molecular formula is C24H24FN5O. The summed E-state index contributed by atoms with van der Waals surface area (Å²) < 4.78 is 14.6. The second-order valence-corrected chi connectivity index (χ2v) is 7.52. The first-order chi connectivity index (χ1) is 15.0. The summed E-state index contributed by atoms with van der Waals surface area (Å²) in [5.41, 5.74) is 2.47. The van der Waals surface area contributed by atoms with Crippen molar-refractivity contribution in [2.45, 2.75) is 33.2 Å². The predicted molar refractivity (Wildman–Crippen MR) is 120 cm³/mol. The van der Waals surface area contributed by atoms with Crippen molar-refractivity contribution >= 4 is 16.7 Å². The molecule has 1 N–H and O–H groups in total. The summed E-state index contributed by atoms with van der Waals surface area (Å²) in [5.74, 6) is 1.79. The van der Waals surface area contributed by atoms with Crippen LogP contribution in [0.25, 0.3) is 10.9 Å². The highest BCUT2D eigenvalue weighted by Crippen LogP contribution is 2.12. The summed E-state index contributed by atoms with van der Waals surface area (Å²) in [6, 6.07) is 15.8. The maximum atomic E-state index is 13.0. The van der Waals surface area contributed by atoms with E-state index < -0.39 is 0 Å². The zero-order valence-corrected chi connectivity index (χ0v) is 17.6. The van der Waals surface area contributed by atoms with Crippen LogP contribution in [0.5, 0.6) is 0 Å². The highest BCUT2D eigenvalue weighted by atomic mass is 19.1. The Morgan fingerprint density at radius 2 is 1.77 bits per heavy atom. The highest BCUT2D eigenvalue weighted by Gasteiger charge is 2.10. The fourth-order valence-corrected chi connectivity index (χ4v) is 3.59. The Hall–Kier alpha value is -3.61. The molecule has 2 aromatic carbocycles. The van der Waals surface area contributed by atoms with E-state index in [9.17, 15) is 9.18 Å². The smallest absolute Gasteiger partial charge is 0.261 e. The lowest BCUT2D eigenvalue weighted by Crippen LogP contribution is -2.25. The van der Waals surface area contributed by atoms with Gasteiger partial charge in [-0.3, -0.25) is 9.36 Å². The van der Waals surface area contributed by atoms with Crippen molar-refractivity contribution in [3.63, 3.8) is 0 Å². The number of benzene rings is 2. The first-order valence-electron chi connectivity index (χ1n) is 10.3. The van der Waals surface area contributed by atoms with Crippen molar-refractivity contribution in [3.8, 4) is 0 Å². The largest absolute Gasteiger partial charge is 0.370 e. The lowest BCUT2D eigenvalue weighted by Gasteiger charge is -2.12. The number of nitrogens with one attached hydrogen (secondary N) is 1. The standard InChI is InChI=1S/C24H24FN5O/c1-16-27-20(15-30-17(2)29-22-8-4-3-7-21(22)24(30)31)14-23(28-16)26-13-5-6-18-9-11-19(25)12-10-18/h3-4,7-12,14H,5-6,13,15H2,1-2H3,(H,26,27,28). The molecule has 0 aliphatic heterocycles. The Morgan fingerprint density at radius 1 is 1.00 bits per heavy atom. The Bertz CT molecular complexity index is 1270. The van der Waals surface area contributed by atoms with Crippen LogP contribution in [-0.4, -0.2) is 26.1 Å². The van der Waals surface area contributed by atoms with Gasteiger partial charge in [-0.15, -0.1) is 0 Å². The second kappa shape index (κ2) is 9.04. The Morgan fingerprint density at radius 3 is 2.58 bits per heavy atom. The molecule has 0 saturated carbocycles. The van der Waals surface area contributed by atoms with E-state index in [1.807, 2.05) is 38.1 Å². The van der Waals surface area contributed by atoms with E-state index in [1.54, 1.807) is 22.8 Å². The van der Waals surface area contributed by atoms with Crippen LogP contribution >= 0.6 is 0 Å².